The minimum Gasteiger partial charge on any atom is -0.330 e. The molecule has 1 atom stereocenters. The molecule has 3 N–H and O–H groups in total. The molecule has 3 nitrogen and oxygen atoms in total. The minimum absolute atomic E-state index is 0.0567. The first-order chi connectivity index (χ1) is 7.99. The van der Waals surface area contributed by atoms with Crippen LogP contribution >= 0.6 is 47.8 Å². The molecule has 0 aliphatic carbocycles. The molecule has 0 aromatic heterocycles. The van der Waals surface area contributed by atoms with Crippen molar-refractivity contribution in [3.05, 3.63) is 25.6 Å². The van der Waals surface area contributed by atoms with E-state index >= 15 is 0 Å². The summed E-state index contributed by atoms with van der Waals surface area (Å²) in [6.07, 6.45) is 0.730. The zero-order valence-electron chi connectivity index (χ0n) is 9.27. The summed E-state index contributed by atoms with van der Waals surface area (Å²) in [5, 5.41) is 2.87. The summed E-state index contributed by atoms with van der Waals surface area (Å²) in [6, 6.07) is 3.76. The van der Waals surface area contributed by atoms with Crippen LogP contribution in [0.4, 0.5) is 5.69 Å². The van der Waals surface area contributed by atoms with Crippen molar-refractivity contribution in [2.24, 2.45) is 11.7 Å². The number of carbonyl (C=O) groups is 1. The van der Waals surface area contributed by atoms with Gasteiger partial charge in [-0.25, -0.2) is 0 Å². The van der Waals surface area contributed by atoms with Crippen molar-refractivity contribution < 1.29 is 4.79 Å². The van der Waals surface area contributed by atoms with Crippen molar-refractivity contribution in [1.29, 1.82) is 0 Å². The lowest BCUT2D eigenvalue weighted by molar-refractivity contribution is -0.119. The number of anilines is 1. The van der Waals surface area contributed by atoms with E-state index in [2.05, 4.69) is 53.1 Å². The largest absolute Gasteiger partial charge is 0.330 e. The first-order valence-corrected chi connectivity index (χ1v) is 7.53. The van der Waals surface area contributed by atoms with Crippen LogP contribution in [0.3, 0.4) is 0 Å². The van der Waals surface area contributed by atoms with Gasteiger partial charge in [-0.1, -0.05) is 22.9 Å². The fourth-order valence-corrected chi connectivity index (χ4v) is 3.80. The monoisotopic (exact) mass is 426 g/mol. The van der Waals surface area contributed by atoms with Gasteiger partial charge in [-0.05, 0) is 50.4 Å². The lowest BCUT2D eigenvalue weighted by Gasteiger charge is -2.15. The number of hydrogen-bond acceptors (Lipinski definition) is 2. The molecule has 17 heavy (non-hydrogen) atoms. The average molecular weight is 429 g/mol. The molecule has 6 heteroatoms. The quantitative estimate of drug-likeness (QED) is 0.764. The van der Waals surface area contributed by atoms with Crippen LogP contribution in [0.25, 0.3) is 0 Å². The summed E-state index contributed by atoms with van der Waals surface area (Å²) in [4.78, 5) is 11.9. The highest BCUT2D eigenvalue weighted by atomic mass is 79.9. The normalized spacial score (nSPS) is 12.3. The Morgan fingerprint density at radius 1 is 1.35 bits per heavy atom. The van der Waals surface area contributed by atoms with Crippen LogP contribution in [0.1, 0.15) is 13.3 Å². The van der Waals surface area contributed by atoms with Gasteiger partial charge >= 0.3 is 0 Å². The molecule has 0 aliphatic heterocycles. The molecule has 0 bridgehead atoms. The average Bonchev–Trinajstić information content (AvgIpc) is 2.25. The van der Waals surface area contributed by atoms with Crippen molar-refractivity contribution in [3.8, 4) is 0 Å². The third kappa shape index (κ3) is 4.05. The third-order valence-electron chi connectivity index (χ3n) is 2.40. The van der Waals surface area contributed by atoms with Gasteiger partial charge in [0.2, 0.25) is 5.91 Å². The second-order valence-electron chi connectivity index (χ2n) is 3.57. The summed E-state index contributed by atoms with van der Waals surface area (Å²) >= 11 is 10.2. The van der Waals surface area contributed by atoms with Gasteiger partial charge in [-0.2, -0.15) is 0 Å². The Hall–Kier alpha value is 0.0900. The molecule has 1 rings (SSSR count). The Morgan fingerprint density at radius 2 is 1.88 bits per heavy atom. The van der Waals surface area contributed by atoms with Gasteiger partial charge in [0.05, 0.1) is 11.6 Å². The van der Waals surface area contributed by atoms with E-state index in [1.807, 2.05) is 19.1 Å². The van der Waals surface area contributed by atoms with Crippen molar-refractivity contribution in [1.82, 2.24) is 0 Å². The predicted octanol–water partition coefficient (Wildman–Crippen LogP) is 3.90. The van der Waals surface area contributed by atoms with Gasteiger partial charge in [-0.3, -0.25) is 4.79 Å². The highest BCUT2D eigenvalue weighted by Crippen LogP contribution is 2.34. The summed E-state index contributed by atoms with van der Waals surface area (Å²) in [5.41, 5.74) is 6.27. The van der Waals surface area contributed by atoms with Crippen molar-refractivity contribution >= 4 is 59.4 Å². The highest BCUT2D eigenvalue weighted by molar-refractivity contribution is 9.11. The molecule has 1 aromatic carbocycles. The van der Waals surface area contributed by atoms with Gasteiger partial charge in [0.15, 0.2) is 0 Å². The number of carbonyl (C=O) groups excluding carboxylic acids is 1. The second kappa shape index (κ2) is 6.87. The molecule has 0 saturated heterocycles. The molecule has 0 saturated carbocycles. The molecule has 0 heterocycles. The molecule has 1 unspecified atom stereocenters. The smallest absolute Gasteiger partial charge is 0.228 e. The van der Waals surface area contributed by atoms with E-state index in [4.69, 9.17) is 5.73 Å². The number of hydrogen-bond donors (Lipinski definition) is 2. The summed E-state index contributed by atoms with van der Waals surface area (Å²) in [5.74, 6) is -0.212. The number of benzene rings is 1. The fourth-order valence-electron chi connectivity index (χ4n) is 1.35. The SMILES string of the molecule is CCC(CN)C(=O)Nc1c(Br)cc(Br)cc1Br. The zero-order chi connectivity index (χ0) is 13.0. The van der Waals surface area contributed by atoms with Crippen LogP contribution in [0.2, 0.25) is 0 Å². The Balaban J connectivity index is 2.92. The van der Waals surface area contributed by atoms with Crippen molar-refractivity contribution in [2.45, 2.75) is 13.3 Å². The molecule has 1 amide bonds. The van der Waals surface area contributed by atoms with Crippen LogP contribution in [0.15, 0.2) is 25.6 Å². The lowest BCUT2D eigenvalue weighted by atomic mass is 10.1. The van der Waals surface area contributed by atoms with E-state index in [-0.39, 0.29) is 11.8 Å². The second-order valence-corrected chi connectivity index (χ2v) is 6.20. The summed E-state index contributed by atoms with van der Waals surface area (Å²) in [7, 11) is 0. The van der Waals surface area contributed by atoms with Crippen molar-refractivity contribution in [2.75, 3.05) is 11.9 Å². The van der Waals surface area contributed by atoms with E-state index in [0.717, 1.165) is 25.5 Å². The standard InChI is InChI=1S/C11H13Br3N2O/c1-2-6(5-15)11(17)16-10-8(13)3-7(12)4-9(10)14/h3-4,6H,2,5,15H2,1H3,(H,16,17). The Morgan fingerprint density at radius 3 is 2.29 bits per heavy atom. The Labute approximate surface area is 126 Å². The highest BCUT2D eigenvalue weighted by Gasteiger charge is 2.17. The van der Waals surface area contributed by atoms with Gasteiger partial charge in [0.1, 0.15) is 0 Å². The zero-order valence-corrected chi connectivity index (χ0v) is 14.0. The van der Waals surface area contributed by atoms with Gasteiger partial charge in [-0.15, -0.1) is 0 Å². The van der Waals surface area contributed by atoms with E-state index < -0.39 is 0 Å². The summed E-state index contributed by atoms with van der Waals surface area (Å²) in [6.45, 7) is 2.30. The fraction of sp³-hybridized carbons (Fsp3) is 0.364. The molecular formula is C11H13Br3N2O. The molecular weight excluding hydrogens is 416 g/mol. The van der Waals surface area contributed by atoms with Crippen LogP contribution < -0.4 is 11.1 Å². The molecule has 0 spiro atoms. The predicted molar refractivity (Wildman–Crippen MR) is 81.0 cm³/mol. The number of nitrogens with two attached hydrogens (primary N) is 1. The van der Waals surface area contributed by atoms with Gasteiger partial charge < -0.3 is 11.1 Å². The maximum absolute atomic E-state index is 11.9. The topological polar surface area (TPSA) is 55.1 Å². The van der Waals surface area contributed by atoms with Gasteiger partial charge in [0, 0.05) is 20.0 Å². The Bertz CT molecular complexity index is 396. The van der Waals surface area contributed by atoms with Crippen LogP contribution in [-0.2, 0) is 4.79 Å². The van der Waals surface area contributed by atoms with E-state index in [1.165, 1.54) is 0 Å². The molecule has 0 radical (unpaired) electrons. The Kier molecular flexibility index (Phi) is 6.12. The van der Waals surface area contributed by atoms with Crippen LogP contribution in [0.5, 0.6) is 0 Å². The first-order valence-electron chi connectivity index (χ1n) is 5.15. The molecule has 0 aliphatic rings. The molecule has 94 valence electrons. The maximum atomic E-state index is 11.9. The third-order valence-corrected chi connectivity index (χ3v) is 4.11. The number of nitrogens with one attached hydrogen (secondary N) is 1. The summed E-state index contributed by atoms with van der Waals surface area (Å²) < 4.78 is 2.57. The van der Waals surface area contributed by atoms with E-state index in [9.17, 15) is 4.79 Å². The van der Waals surface area contributed by atoms with E-state index in [1.54, 1.807) is 0 Å². The van der Waals surface area contributed by atoms with Crippen LogP contribution in [-0.4, -0.2) is 12.5 Å². The number of halogens is 3. The van der Waals surface area contributed by atoms with Crippen molar-refractivity contribution in [3.63, 3.8) is 0 Å². The number of rotatable bonds is 4. The van der Waals surface area contributed by atoms with E-state index in [0.29, 0.717) is 6.54 Å². The maximum Gasteiger partial charge on any atom is 0.228 e. The minimum atomic E-state index is -0.155. The number of amides is 1. The van der Waals surface area contributed by atoms with Gasteiger partial charge in [0.25, 0.3) is 0 Å². The molecule has 0 fully saturated rings. The molecule has 1 aromatic rings. The lowest BCUT2D eigenvalue weighted by Crippen LogP contribution is -2.28. The first kappa shape index (κ1) is 15.1. The van der Waals surface area contributed by atoms with Crippen LogP contribution in [0, 0.1) is 5.92 Å².